The van der Waals surface area contributed by atoms with Crippen molar-refractivity contribution < 1.29 is 14.3 Å². The lowest BCUT2D eigenvalue weighted by atomic mass is 10.1. The lowest BCUT2D eigenvalue weighted by molar-refractivity contribution is -0.142. The standard InChI is InChI=1S/C20H23ClN2O3/c1-14-5-4-6-16(11-14)12-23(15(2)20(25)22-3)19(24)13-26-18-9-7-17(21)8-10-18/h4-11,15H,12-13H2,1-3H3,(H,22,25). The molecule has 0 aromatic heterocycles. The molecule has 0 aliphatic rings. The molecular weight excluding hydrogens is 352 g/mol. The van der Waals surface area contributed by atoms with Gasteiger partial charge in [0, 0.05) is 18.6 Å². The number of halogens is 1. The van der Waals surface area contributed by atoms with Crippen LogP contribution in [0.5, 0.6) is 5.75 Å². The van der Waals surface area contributed by atoms with Crippen LogP contribution in [0.3, 0.4) is 0 Å². The first-order chi connectivity index (χ1) is 12.4. The molecule has 0 aliphatic heterocycles. The summed E-state index contributed by atoms with van der Waals surface area (Å²) >= 11 is 5.85. The van der Waals surface area contributed by atoms with Gasteiger partial charge < -0.3 is 15.0 Å². The first kappa shape index (κ1) is 19.8. The summed E-state index contributed by atoms with van der Waals surface area (Å²) in [5.74, 6) is 0.0564. The fraction of sp³-hybridized carbons (Fsp3) is 0.300. The zero-order chi connectivity index (χ0) is 19.1. The summed E-state index contributed by atoms with van der Waals surface area (Å²) in [6.07, 6.45) is 0. The Morgan fingerprint density at radius 2 is 1.88 bits per heavy atom. The highest BCUT2D eigenvalue weighted by atomic mass is 35.5. The number of ether oxygens (including phenoxy) is 1. The third-order valence-electron chi connectivity index (χ3n) is 4.03. The Balaban J connectivity index is 2.12. The number of hydrogen-bond acceptors (Lipinski definition) is 3. The number of hydrogen-bond donors (Lipinski definition) is 1. The van der Waals surface area contributed by atoms with Crippen LogP contribution in [0.1, 0.15) is 18.1 Å². The maximum atomic E-state index is 12.7. The summed E-state index contributed by atoms with van der Waals surface area (Å²) in [4.78, 5) is 26.3. The molecule has 2 aromatic rings. The molecule has 0 saturated heterocycles. The Labute approximate surface area is 158 Å². The fourth-order valence-electron chi connectivity index (χ4n) is 2.56. The molecule has 2 rings (SSSR count). The quantitative estimate of drug-likeness (QED) is 0.809. The molecule has 0 fully saturated rings. The van der Waals surface area contributed by atoms with Crippen LogP contribution >= 0.6 is 11.6 Å². The molecule has 5 nitrogen and oxygen atoms in total. The number of rotatable bonds is 7. The number of aryl methyl sites for hydroxylation is 1. The molecule has 1 N–H and O–H groups in total. The van der Waals surface area contributed by atoms with Crippen LogP contribution in [0.15, 0.2) is 48.5 Å². The zero-order valence-electron chi connectivity index (χ0n) is 15.2. The molecule has 26 heavy (non-hydrogen) atoms. The first-order valence-electron chi connectivity index (χ1n) is 8.35. The van der Waals surface area contributed by atoms with E-state index in [4.69, 9.17) is 16.3 Å². The van der Waals surface area contributed by atoms with Crippen LogP contribution in [-0.4, -0.2) is 36.4 Å². The number of likely N-dealkylation sites (N-methyl/N-ethyl adjacent to an activating group) is 1. The third-order valence-corrected chi connectivity index (χ3v) is 4.28. The van der Waals surface area contributed by atoms with Crippen molar-refractivity contribution in [3.05, 3.63) is 64.7 Å². The van der Waals surface area contributed by atoms with Crippen molar-refractivity contribution in [2.45, 2.75) is 26.4 Å². The van der Waals surface area contributed by atoms with Crippen LogP contribution in [0, 0.1) is 6.92 Å². The van der Waals surface area contributed by atoms with E-state index in [0.29, 0.717) is 17.3 Å². The van der Waals surface area contributed by atoms with Gasteiger partial charge in [-0.2, -0.15) is 0 Å². The molecule has 0 saturated carbocycles. The maximum absolute atomic E-state index is 12.7. The van der Waals surface area contributed by atoms with Gasteiger partial charge in [-0.3, -0.25) is 9.59 Å². The molecule has 0 aliphatic carbocycles. The molecular formula is C20H23ClN2O3. The van der Waals surface area contributed by atoms with E-state index in [9.17, 15) is 9.59 Å². The molecule has 0 bridgehead atoms. The van der Waals surface area contributed by atoms with Gasteiger partial charge in [0.15, 0.2) is 6.61 Å². The van der Waals surface area contributed by atoms with Gasteiger partial charge in [-0.1, -0.05) is 41.4 Å². The van der Waals surface area contributed by atoms with Crippen molar-refractivity contribution in [2.24, 2.45) is 0 Å². The van der Waals surface area contributed by atoms with Gasteiger partial charge in [0.2, 0.25) is 5.91 Å². The third kappa shape index (κ3) is 5.49. The highest BCUT2D eigenvalue weighted by Gasteiger charge is 2.25. The Morgan fingerprint density at radius 1 is 1.19 bits per heavy atom. The number of benzene rings is 2. The van der Waals surface area contributed by atoms with E-state index >= 15 is 0 Å². The van der Waals surface area contributed by atoms with Gasteiger partial charge in [-0.15, -0.1) is 0 Å². The summed E-state index contributed by atoms with van der Waals surface area (Å²) in [6, 6.07) is 14.0. The van der Waals surface area contributed by atoms with Crippen LogP contribution < -0.4 is 10.1 Å². The van der Waals surface area contributed by atoms with Crippen molar-refractivity contribution in [2.75, 3.05) is 13.7 Å². The van der Waals surface area contributed by atoms with Crippen molar-refractivity contribution in [3.63, 3.8) is 0 Å². The average molecular weight is 375 g/mol. The fourth-order valence-corrected chi connectivity index (χ4v) is 2.68. The second kappa shape index (κ2) is 9.25. The van der Waals surface area contributed by atoms with E-state index < -0.39 is 6.04 Å². The van der Waals surface area contributed by atoms with Crippen molar-refractivity contribution in [3.8, 4) is 5.75 Å². The van der Waals surface area contributed by atoms with Crippen LogP contribution in [0.25, 0.3) is 0 Å². The first-order valence-corrected chi connectivity index (χ1v) is 8.73. The number of carbonyl (C=O) groups is 2. The monoisotopic (exact) mass is 374 g/mol. The Morgan fingerprint density at radius 3 is 2.50 bits per heavy atom. The minimum absolute atomic E-state index is 0.158. The van der Waals surface area contributed by atoms with Gasteiger partial charge in [0.1, 0.15) is 11.8 Å². The lowest BCUT2D eigenvalue weighted by Crippen LogP contribution is -2.48. The highest BCUT2D eigenvalue weighted by molar-refractivity contribution is 6.30. The van der Waals surface area contributed by atoms with Gasteiger partial charge >= 0.3 is 0 Å². The van der Waals surface area contributed by atoms with Crippen molar-refractivity contribution in [1.29, 1.82) is 0 Å². The summed E-state index contributed by atoms with van der Waals surface area (Å²) in [5, 5.41) is 3.18. The summed E-state index contributed by atoms with van der Waals surface area (Å²) in [6.45, 7) is 3.87. The molecule has 1 atom stereocenters. The number of nitrogens with one attached hydrogen (secondary N) is 1. The molecule has 0 radical (unpaired) electrons. The second-order valence-electron chi connectivity index (χ2n) is 6.04. The van der Waals surface area contributed by atoms with E-state index in [0.717, 1.165) is 11.1 Å². The number of amides is 2. The minimum atomic E-state index is -0.609. The molecule has 2 aromatic carbocycles. The van der Waals surface area contributed by atoms with Crippen LogP contribution in [-0.2, 0) is 16.1 Å². The van der Waals surface area contributed by atoms with Crippen LogP contribution in [0.2, 0.25) is 5.02 Å². The Hall–Kier alpha value is -2.53. The second-order valence-corrected chi connectivity index (χ2v) is 6.48. The Kier molecular flexibility index (Phi) is 7.04. The predicted molar refractivity (Wildman–Crippen MR) is 102 cm³/mol. The van der Waals surface area contributed by atoms with Crippen LogP contribution in [0.4, 0.5) is 0 Å². The smallest absolute Gasteiger partial charge is 0.261 e. The van der Waals surface area contributed by atoms with Crippen molar-refractivity contribution >= 4 is 23.4 Å². The van der Waals surface area contributed by atoms with E-state index in [-0.39, 0.29) is 18.4 Å². The highest BCUT2D eigenvalue weighted by Crippen LogP contribution is 2.16. The molecule has 138 valence electrons. The van der Waals surface area contributed by atoms with Gasteiger partial charge in [-0.25, -0.2) is 0 Å². The Bertz CT molecular complexity index is 762. The van der Waals surface area contributed by atoms with E-state index in [1.165, 1.54) is 4.90 Å². The topological polar surface area (TPSA) is 58.6 Å². The zero-order valence-corrected chi connectivity index (χ0v) is 15.9. The molecule has 6 heteroatoms. The van der Waals surface area contributed by atoms with Gasteiger partial charge in [0.05, 0.1) is 0 Å². The minimum Gasteiger partial charge on any atom is -0.484 e. The maximum Gasteiger partial charge on any atom is 0.261 e. The molecule has 0 heterocycles. The van der Waals surface area contributed by atoms with Gasteiger partial charge in [-0.05, 0) is 43.7 Å². The summed E-state index contributed by atoms with van der Waals surface area (Å²) in [7, 11) is 1.55. The molecule has 2 amide bonds. The van der Waals surface area contributed by atoms with E-state index in [1.807, 2.05) is 31.2 Å². The van der Waals surface area contributed by atoms with E-state index in [1.54, 1.807) is 38.2 Å². The van der Waals surface area contributed by atoms with Gasteiger partial charge in [0.25, 0.3) is 5.91 Å². The summed E-state index contributed by atoms with van der Waals surface area (Å²) in [5.41, 5.74) is 2.06. The van der Waals surface area contributed by atoms with Crippen molar-refractivity contribution in [1.82, 2.24) is 10.2 Å². The number of nitrogens with zero attached hydrogens (tertiary/aromatic N) is 1. The molecule has 1 unspecified atom stereocenters. The van der Waals surface area contributed by atoms with E-state index in [2.05, 4.69) is 5.32 Å². The normalized spacial score (nSPS) is 11.5. The number of carbonyl (C=O) groups excluding carboxylic acids is 2. The largest absolute Gasteiger partial charge is 0.484 e. The summed E-state index contributed by atoms with van der Waals surface area (Å²) < 4.78 is 5.55. The molecule has 0 spiro atoms. The SMILES string of the molecule is CNC(=O)C(C)N(Cc1cccc(C)c1)C(=O)COc1ccc(Cl)cc1. The predicted octanol–water partition coefficient (Wildman–Crippen LogP) is 3.19. The average Bonchev–Trinajstić information content (AvgIpc) is 2.64. The lowest BCUT2D eigenvalue weighted by Gasteiger charge is -2.28.